The molecule has 0 saturated carbocycles. The normalized spacial score (nSPS) is 16.2. The molecule has 5 nitrogen and oxygen atoms in total. The van der Waals surface area contributed by atoms with E-state index in [9.17, 15) is 4.79 Å². The van der Waals surface area contributed by atoms with Crippen LogP contribution < -0.4 is 10.5 Å². The van der Waals surface area contributed by atoms with E-state index in [1.54, 1.807) is 18.2 Å². The van der Waals surface area contributed by atoms with Crippen LogP contribution in [0.3, 0.4) is 0 Å². The molecular formula is C13H17NO4. The summed E-state index contributed by atoms with van der Waals surface area (Å²) in [6, 6.07) is 7.05. The Labute approximate surface area is 106 Å². The summed E-state index contributed by atoms with van der Waals surface area (Å²) in [5, 5.41) is 0. The number of anilines is 1. The van der Waals surface area contributed by atoms with Gasteiger partial charge in [-0.1, -0.05) is 12.1 Å². The monoisotopic (exact) mass is 251 g/mol. The lowest BCUT2D eigenvalue weighted by Gasteiger charge is -2.22. The highest BCUT2D eigenvalue weighted by atomic mass is 16.6. The quantitative estimate of drug-likeness (QED) is 0.646. The first kappa shape index (κ1) is 12.7. The maximum atomic E-state index is 11.6. The number of ether oxygens (including phenoxy) is 3. The van der Waals surface area contributed by atoms with Crippen molar-refractivity contribution in [3.63, 3.8) is 0 Å². The van der Waals surface area contributed by atoms with Gasteiger partial charge >= 0.3 is 5.97 Å². The Hall–Kier alpha value is -1.75. The third kappa shape index (κ3) is 3.63. The van der Waals surface area contributed by atoms with Gasteiger partial charge in [0.15, 0.2) is 6.61 Å². The van der Waals surface area contributed by atoms with Gasteiger partial charge in [-0.15, -0.1) is 0 Å². The number of esters is 1. The van der Waals surface area contributed by atoms with E-state index < -0.39 is 0 Å². The summed E-state index contributed by atoms with van der Waals surface area (Å²) < 4.78 is 15.8. The van der Waals surface area contributed by atoms with E-state index in [-0.39, 0.29) is 18.7 Å². The average molecular weight is 251 g/mol. The van der Waals surface area contributed by atoms with E-state index in [1.165, 1.54) is 0 Å². The van der Waals surface area contributed by atoms with Crippen molar-refractivity contribution in [1.82, 2.24) is 0 Å². The largest absolute Gasteiger partial charge is 0.480 e. The summed E-state index contributed by atoms with van der Waals surface area (Å²) in [6.45, 7) is 1.17. The molecule has 1 aromatic rings. The second kappa shape index (κ2) is 6.26. The standard InChI is InChI=1S/C13H17NO4/c14-11-3-1-2-4-12(11)17-9-13(15)18-10-5-7-16-8-6-10/h1-4,10H,5-9,14H2. The minimum atomic E-state index is -0.370. The molecule has 1 aliphatic rings. The van der Waals surface area contributed by atoms with Gasteiger partial charge < -0.3 is 19.9 Å². The molecule has 0 aliphatic carbocycles. The van der Waals surface area contributed by atoms with Crippen molar-refractivity contribution in [3.8, 4) is 5.75 Å². The molecule has 1 heterocycles. The van der Waals surface area contributed by atoms with Crippen LogP contribution in [0.1, 0.15) is 12.8 Å². The number of hydrogen-bond acceptors (Lipinski definition) is 5. The predicted molar refractivity (Wildman–Crippen MR) is 66.3 cm³/mol. The van der Waals surface area contributed by atoms with Crippen LogP contribution >= 0.6 is 0 Å². The van der Waals surface area contributed by atoms with Crippen molar-refractivity contribution >= 4 is 11.7 Å². The lowest BCUT2D eigenvalue weighted by molar-refractivity contribution is -0.155. The highest BCUT2D eigenvalue weighted by Crippen LogP contribution is 2.19. The second-order valence-corrected chi connectivity index (χ2v) is 4.13. The van der Waals surface area contributed by atoms with Gasteiger partial charge in [0, 0.05) is 12.8 Å². The lowest BCUT2D eigenvalue weighted by atomic mass is 10.2. The molecule has 0 aromatic heterocycles. The number of carbonyl (C=O) groups is 1. The Bertz CT molecular complexity index is 402. The third-order valence-corrected chi connectivity index (χ3v) is 2.73. The number of nitrogens with two attached hydrogens (primary N) is 1. The fraction of sp³-hybridized carbons (Fsp3) is 0.462. The number of nitrogen functional groups attached to an aromatic ring is 1. The summed E-state index contributed by atoms with van der Waals surface area (Å²) in [4.78, 5) is 11.6. The Morgan fingerprint density at radius 3 is 2.78 bits per heavy atom. The first-order valence-corrected chi connectivity index (χ1v) is 6.00. The Balaban J connectivity index is 1.76. The van der Waals surface area contributed by atoms with Crippen molar-refractivity contribution < 1.29 is 19.0 Å². The van der Waals surface area contributed by atoms with Gasteiger partial charge in [-0.3, -0.25) is 0 Å². The van der Waals surface area contributed by atoms with E-state index in [1.807, 2.05) is 6.07 Å². The maximum absolute atomic E-state index is 11.6. The first-order chi connectivity index (χ1) is 8.75. The first-order valence-electron chi connectivity index (χ1n) is 6.00. The molecule has 0 spiro atoms. The summed E-state index contributed by atoms with van der Waals surface area (Å²) >= 11 is 0. The van der Waals surface area contributed by atoms with Gasteiger partial charge in [0.1, 0.15) is 11.9 Å². The van der Waals surface area contributed by atoms with Crippen LogP contribution in [0.2, 0.25) is 0 Å². The number of para-hydroxylation sites is 2. The topological polar surface area (TPSA) is 70.8 Å². The molecule has 0 amide bonds. The molecule has 0 bridgehead atoms. The number of benzene rings is 1. The minimum Gasteiger partial charge on any atom is -0.480 e. The summed E-state index contributed by atoms with van der Waals surface area (Å²) in [7, 11) is 0. The molecule has 1 aliphatic heterocycles. The van der Waals surface area contributed by atoms with Gasteiger partial charge in [0.05, 0.1) is 18.9 Å². The van der Waals surface area contributed by atoms with E-state index >= 15 is 0 Å². The van der Waals surface area contributed by atoms with Crippen LogP contribution in [0.25, 0.3) is 0 Å². The second-order valence-electron chi connectivity index (χ2n) is 4.13. The van der Waals surface area contributed by atoms with Crippen LogP contribution in [0.5, 0.6) is 5.75 Å². The SMILES string of the molecule is Nc1ccccc1OCC(=O)OC1CCOCC1. The summed E-state index contributed by atoms with van der Waals surface area (Å²) in [5.74, 6) is 0.131. The fourth-order valence-electron chi connectivity index (χ4n) is 1.76. The van der Waals surface area contributed by atoms with Gasteiger partial charge in [-0.2, -0.15) is 0 Å². The number of carbonyl (C=O) groups excluding carboxylic acids is 1. The molecule has 18 heavy (non-hydrogen) atoms. The highest BCUT2D eigenvalue weighted by Gasteiger charge is 2.18. The van der Waals surface area contributed by atoms with Crippen LogP contribution in [-0.2, 0) is 14.3 Å². The summed E-state index contributed by atoms with van der Waals surface area (Å²) in [5.41, 5.74) is 6.21. The van der Waals surface area contributed by atoms with Gasteiger partial charge in [0.25, 0.3) is 0 Å². The van der Waals surface area contributed by atoms with E-state index in [0.29, 0.717) is 24.7 Å². The number of hydrogen-bond donors (Lipinski definition) is 1. The molecule has 5 heteroatoms. The Morgan fingerprint density at radius 2 is 2.06 bits per heavy atom. The number of rotatable bonds is 4. The molecule has 2 N–H and O–H groups in total. The lowest BCUT2D eigenvalue weighted by Crippen LogP contribution is -2.28. The smallest absolute Gasteiger partial charge is 0.344 e. The average Bonchev–Trinajstić information content (AvgIpc) is 2.39. The zero-order valence-electron chi connectivity index (χ0n) is 10.1. The van der Waals surface area contributed by atoms with Gasteiger partial charge in [0.2, 0.25) is 0 Å². The summed E-state index contributed by atoms with van der Waals surface area (Å²) in [6.07, 6.45) is 1.45. The van der Waals surface area contributed by atoms with Gasteiger partial charge in [-0.25, -0.2) is 4.79 Å². The van der Waals surface area contributed by atoms with E-state index in [4.69, 9.17) is 19.9 Å². The van der Waals surface area contributed by atoms with Crippen molar-refractivity contribution in [2.24, 2.45) is 0 Å². The van der Waals surface area contributed by atoms with Crippen LogP contribution in [-0.4, -0.2) is 31.9 Å². The predicted octanol–water partition coefficient (Wildman–Crippen LogP) is 1.37. The molecule has 98 valence electrons. The third-order valence-electron chi connectivity index (χ3n) is 2.73. The van der Waals surface area contributed by atoms with Crippen LogP contribution in [0.15, 0.2) is 24.3 Å². The van der Waals surface area contributed by atoms with Crippen LogP contribution in [0.4, 0.5) is 5.69 Å². The zero-order chi connectivity index (χ0) is 12.8. The molecular weight excluding hydrogens is 234 g/mol. The maximum Gasteiger partial charge on any atom is 0.344 e. The molecule has 0 atom stereocenters. The van der Waals surface area contributed by atoms with Crippen molar-refractivity contribution in [2.75, 3.05) is 25.6 Å². The highest BCUT2D eigenvalue weighted by molar-refractivity contribution is 5.71. The van der Waals surface area contributed by atoms with Gasteiger partial charge in [-0.05, 0) is 12.1 Å². The molecule has 1 saturated heterocycles. The molecule has 0 unspecified atom stereocenters. The fourth-order valence-corrected chi connectivity index (χ4v) is 1.76. The van der Waals surface area contributed by atoms with Crippen molar-refractivity contribution in [1.29, 1.82) is 0 Å². The molecule has 2 rings (SSSR count). The van der Waals surface area contributed by atoms with Crippen molar-refractivity contribution in [2.45, 2.75) is 18.9 Å². The molecule has 1 fully saturated rings. The van der Waals surface area contributed by atoms with Crippen LogP contribution in [0, 0.1) is 0 Å². The Kier molecular flexibility index (Phi) is 4.41. The van der Waals surface area contributed by atoms with E-state index in [0.717, 1.165) is 12.8 Å². The minimum absolute atomic E-state index is 0.0528. The van der Waals surface area contributed by atoms with E-state index in [2.05, 4.69) is 0 Å². The van der Waals surface area contributed by atoms with Crippen molar-refractivity contribution in [3.05, 3.63) is 24.3 Å². The molecule has 0 radical (unpaired) electrons. The Morgan fingerprint density at radius 1 is 1.33 bits per heavy atom. The zero-order valence-corrected chi connectivity index (χ0v) is 10.1. The molecule has 1 aromatic carbocycles.